The van der Waals surface area contributed by atoms with E-state index in [1.54, 1.807) is 12.1 Å². The Labute approximate surface area is 108 Å². The van der Waals surface area contributed by atoms with Gasteiger partial charge in [-0.25, -0.2) is 0 Å². The van der Waals surface area contributed by atoms with Crippen LogP contribution in [0.3, 0.4) is 0 Å². The van der Waals surface area contributed by atoms with Crippen molar-refractivity contribution >= 4 is 11.6 Å². The molecule has 0 spiro atoms. The highest BCUT2D eigenvalue weighted by Gasteiger charge is 2.27. The Morgan fingerprint density at radius 2 is 2.06 bits per heavy atom. The Morgan fingerprint density at radius 1 is 1.44 bits per heavy atom. The number of nitrogens with one attached hydrogen (secondary N) is 1. The number of hydrogen-bond acceptors (Lipinski definition) is 3. The topological polar surface area (TPSA) is 78.9 Å². The van der Waals surface area contributed by atoms with Gasteiger partial charge < -0.3 is 11.1 Å². The number of carbonyl (C=O) groups is 1. The number of rotatable bonds is 2. The number of aryl methyl sites for hydroxylation is 1. The molecule has 1 atom stereocenters. The Kier molecular flexibility index (Phi) is 4.10. The lowest BCUT2D eigenvalue weighted by Crippen LogP contribution is -2.45. The second-order valence-electron chi connectivity index (χ2n) is 5.44. The van der Waals surface area contributed by atoms with Crippen LogP contribution in [-0.4, -0.2) is 11.9 Å². The van der Waals surface area contributed by atoms with Gasteiger partial charge in [0.15, 0.2) is 0 Å². The second kappa shape index (κ2) is 5.19. The summed E-state index contributed by atoms with van der Waals surface area (Å²) in [5.41, 5.74) is 7.39. The van der Waals surface area contributed by atoms with E-state index in [9.17, 15) is 4.79 Å². The number of hydrogen-bond donors (Lipinski definition) is 2. The van der Waals surface area contributed by atoms with Crippen molar-refractivity contribution in [2.45, 2.75) is 33.7 Å². The lowest BCUT2D eigenvalue weighted by molar-refractivity contribution is -0.119. The molecule has 0 bridgehead atoms. The molecule has 1 rings (SSSR count). The number of nitriles is 1. The molecule has 0 unspecified atom stereocenters. The highest BCUT2D eigenvalue weighted by molar-refractivity contribution is 5.96. The quantitative estimate of drug-likeness (QED) is 0.838. The summed E-state index contributed by atoms with van der Waals surface area (Å²) in [5, 5.41) is 11.8. The first-order valence-corrected chi connectivity index (χ1v) is 5.83. The molecule has 0 aromatic heterocycles. The number of anilines is 1. The number of benzene rings is 1. The van der Waals surface area contributed by atoms with Crippen LogP contribution in [0, 0.1) is 23.7 Å². The van der Waals surface area contributed by atoms with Crippen LogP contribution in [0.4, 0.5) is 5.69 Å². The molecule has 1 amide bonds. The van der Waals surface area contributed by atoms with Gasteiger partial charge in [-0.2, -0.15) is 5.26 Å². The van der Waals surface area contributed by atoms with Gasteiger partial charge in [-0.1, -0.05) is 32.9 Å². The third-order valence-electron chi connectivity index (χ3n) is 2.86. The normalized spacial score (nSPS) is 12.7. The highest BCUT2D eigenvalue weighted by Crippen LogP contribution is 2.22. The van der Waals surface area contributed by atoms with E-state index in [2.05, 4.69) is 11.4 Å². The number of nitrogens with two attached hydrogens (primary N) is 1. The maximum Gasteiger partial charge on any atom is 0.241 e. The van der Waals surface area contributed by atoms with E-state index in [0.29, 0.717) is 11.3 Å². The number of nitrogens with zero attached hydrogens (tertiary/aromatic N) is 1. The summed E-state index contributed by atoms with van der Waals surface area (Å²) in [6.45, 7) is 7.54. The van der Waals surface area contributed by atoms with Crippen molar-refractivity contribution in [2.24, 2.45) is 11.1 Å². The molecule has 1 aromatic rings. The zero-order chi connectivity index (χ0) is 13.9. The molecule has 1 aromatic carbocycles. The minimum absolute atomic E-state index is 0.274. The van der Waals surface area contributed by atoms with E-state index in [4.69, 9.17) is 11.0 Å². The second-order valence-corrected chi connectivity index (χ2v) is 5.44. The molecule has 0 aliphatic rings. The van der Waals surface area contributed by atoms with Gasteiger partial charge in [0.2, 0.25) is 5.91 Å². The van der Waals surface area contributed by atoms with E-state index in [0.717, 1.165) is 5.56 Å². The van der Waals surface area contributed by atoms with E-state index in [-0.39, 0.29) is 11.3 Å². The molecule has 96 valence electrons. The molecule has 0 saturated heterocycles. The van der Waals surface area contributed by atoms with Crippen molar-refractivity contribution in [1.82, 2.24) is 0 Å². The van der Waals surface area contributed by atoms with Gasteiger partial charge in [-0.3, -0.25) is 4.79 Å². The maximum atomic E-state index is 12.0. The standard InChI is InChI=1S/C14H19N3O/c1-9-6-5-7-11(10(9)8-15)17-13(18)12(16)14(2,3)4/h5-7,12H,16H2,1-4H3,(H,17,18)/t12-/m1/s1. The molecule has 0 aliphatic carbocycles. The molecule has 0 fully saturated rings. The zero-order valence-corrected chi connectivity index (χ0v) is 11.2. The van der Waals surface area contributed by atoms with Gasteiger partial charge >= 0.3 is 0 Å². The molecule has 18 heavy (non-hydrogen) atoms. The highest BCUT2D eigenvalue weighted by atomic mass is 16.2. The van der Waals surface area contributed by atoms with Crippen molar-refractivity contribution in [3.8, 4) is 6.07 Å². The molecular weight excluding hydrogens is 226 g/mol. The average molecular weight is 245 g/mol. The summed E-state index contributed by atoms with van der Waals surface area (Å²) < 4.78 is 0. The average Bonchev–Trinajstić information content (AvgIpc) is 2.27. The summed E-state index contributed by atoms with van der Waals surface area (Å²) in [6, 6.07) is 6.81. The first-order chi connectivity index (χ1) is 8.27. The van der Waals surface area contributed by atoms with Crippen molar-refractivity contribution < 1.29 is 4.79 Å². The van der Waals surface area contributed by atoms with Crippen LogP contribution in [0.5, 0.6) is 0 Å². The Hall–Kier alpha value is -1.86. The van der Waals surface area contributed by atoms with Crippen LogP contribution in [-0.2, 0) is 4.79 Å². The summed E-state index contributed by atoms with van der Waals surface area (Å²) in [7, 11) is 0. The molecule has 4 nitrogen and oxygen atoms in total. The van der Waals surface area contributed by atoms with Gasteiger partial charge in [-0.05, 0) is 24.0 Å². The molecular formula is C14H19N3O. The molecule has 3 N–H and O–H groups in total. The Bertz CT molecular complexity index is 495. The monoisotopic (exact) mass is 245 g/mol. The van der Waals surface area contributed by atoms with Crippen molar-refractivity contribution in [3.63, 3.8) is 0 Å². The van der Waals surface area contributed by atoms with Crippen LogP contribution in [0.15, 0.2) is 18.2 Å². The summed E-state index contributed by atoms with van der Waals surface area (Å²) in [5.74, 6) is -0.274. The summed E-state index contributed by atoms with van der Waals surface area (Å²) in [4.78, 5) is 12.0. The Balaban J connectivity index is 2.97. The smallest absolute Gasteiger partial charge is 0.241 e. The molecule has 0 aliphatic heterocycles. The molecule has 0 radical (unpaired) electrons. The molecule has 0 saturated carbocycles. The van der Waals surface area contributed by atoms with Crippen LogP contribution < -0.4 is 11.1 Å². The van der Waals surface area contributed by atoms with Crippen LogP contribution in [0.1, 0.15) is 31.9 Å². The molecule has 4 heteroatoms. The van der Waals surface area contributed by atoms with Gasteiger partial charge in [0.1, 0.15) is 6.07 Å². The van der Waals surface area contributed by atoms with Crippen molar-refractivity contribution in [1.29, 1.82) is 5.26 Å². The fraction of sp³-hybridized carbons (Fsp3) is 0.429. The van der Waals surface area contributed by atoms with E-state index < -0.39 is 6.04 Å². The van der Waals surface area contributed by atoms with Gasteiger partial charge in [-0.15, -0.1) is 0 Å². The zero-order valence-electron chi connectivity index (χ0n) is 11.2. The maximum absolute atomic E-state index is 12.0. The number of carbonyl (C=O) groups excluding carboxylic acids is 1. The lowest BCUT2D eigenvalue weighted by atomic mass is 9.87. The minimum atomic E-state index is -0.621. The fourth-order valence-electron chi connectivity index (χ4n) is 1.52. The third kappa shape index (κ3) is 3.08. The van der Waals surface area contributed by atoms with Crippen LogP contribution >= 0.6 is 0 Å². The molecule has 0 heterocycles. The van der Waals surface area contributed by atoms with Crippen molar-refractivity contribution in [2.75, 3.05) is 5.32 Å². The number of amides is 1. The summed E-state index contributed by atoms with van der Waals surface area (Å²) in [6.07, 6.45) is 0. The predicted molar refractivity (Wildman–Crippen MR) is 72.0 cm³/mol. The minimum Gasteiger partial charge on any atom is -0.324 e. The van der Waals surface area contributed by atoms with Crippen LogP contribution in [0.25, 0.3) is 0 Å². The first-order valence-electron chi connectivity index (χ1n) is 5.83. The van der Waals surface area contributed by atoms with Crippen LogP contribution in [0.2, 0.25) is 0 Å². The summed E-state index contributed by atoms with van der Waals surface area (Å²) >= 11 is 0. The van der Waals surface area contributed by atoms with E-state index in [1.807, 2.05) is 33.8 Å². The predicted octanol–water partition coefficient (Wildman–Crippen LogP) is 2.18. The lowest BCUT2D eigenvalue weighted by Gasteiger charge is -2.26. The Morgan fingerprint density at radius 3 is 2.56 bits per heavy atom. The van der Waals surface area contributed by atoms with E-state index in [1.165, 1.54) is 0 Å². The van der Waals surface area contributed by atoms with Crippen molar-refractivity contribution in [3.05, 3.63) is 29.3 Å². The first kappa shape index (κ1) is 14.2. The van der Waals surface area contributed by atoms with Gasteiger partial charge in [0.25, 0.3) is 0 Å². The van der Waals surface area contributed by atoms with Gasteiger partial charge in [0.05, 0.1) is 17.3 Å². The fourth-order valence-corrected chi connectivity index (χ4v) is 1.52. The van der Waals surface area contributed by atoms with Gasteiger partial charge in [0, 0.05) is 0 Å². The largest absolute Gasteiger partial charge is 0.324 e. The van der Waals surface area contributed by atoms with E-state index >= 15 is 0 Å². The third-order valence-corrected chi connectivity index (χ3v) is 2.86. The SMILES string of the molecule is Cc1cccc(NC(=O)[C@@H](N)C(C)(C)C)c1C#N.